The van der Waals surface area contributed by atoms with Crippen LogP contribution in [0.1, 0.15) is 15.9 Å². The van der Waals surface area contributed by atoms with E-state index in [1.807, 2.05) is 12.1 Å². The van der Waals surface area contributed by atoms with Crippen LogP contribution in [0, 0.1) is 5.82 Å². The number of hydrogen-bond acceptors (Lipinski definition) is 3. The number of carbonyl (C=O) groups is 1. The Kier molecular flexibility index (Phi) is 4.42. The average molecular weight is 310 g/mol. The SMILES string of the molecule is O=C(NCCc1ccc(F)cc1)c1ccc(-n2cncn2)cc1. The van der Waals surface area contributed by atoms with Crippen LogP contribution in [0.25, 0.3) is 5.69 Å². The zero-order valence-electron chi connectivity index (χ0n) is 12.3. The third-order valence-electron chi connectivity index (χ3n) is 3.43. The number of aromatic nitrogens is 3. The quantitative estimate of drug-likeness (QED) is 0.787. The molecule has 116 valence electrons. The van der Waals surface area contributed by atoms with Crippen molar-refractivity contribution in [1.29, 1.82) is 0 Å². The number of benzene rings is 2. The van der Waals surface area contributed by atoms with Crippen LogP contribution in [-0.2, 0) is 6.42 Å². The Morgan fingerprint density at radius 1 is 1.09 bits per heavy atom. The van der Waals surface area contributed by atoms with Crippen molar-refractivity contribution in [3.05, 3.63) is 78.1 Å². The summed E-state index contributed by atoms with van der Waals surface area (Å²) in [6, 6.07) is 13.4. The largest absolute Gasteiger partial charge is 0.352 e. The van der Waals surface area contributed by atoms with Crippen molar-refractivity contribution in [3.8, 4) is 5.69 Å². The lowest BCUT2D eigenvalue weighted by Gasteiger charge is -2.06. The fourth-order valence-corrected chi connectivity index (χ4v) is 2.18. The van der Waals surface area contributed by atoms with E-state index >= 15 is 0 Å². The zero-order valence-corrected chi connectivity index (χ0v) is 12.3. The van der Waals surface area contributed by atoms with E-state index in [0.29, 0.717) is 18.5 Å². The van der Waals surface area contributed by atoms with E-state index < -0.39 is 0 Å². The highest BCUT2D eigenvalue weighted by Crippen LogP contribution is 2.08. The van der Waals surface area contributed by atoms with Gasteiger partial charge in [-0.25, -0.2) is 14.1 Å². The molecule has 3 rings (SSSR count). The van der Waals surface area contributed by atoms with E-state index in [2.05, 4.69) is 15.4 Å². The maximum atomic E-state index is 12.8. The molecule has 0 bridgehead atoms. The highest BCUT2D eigenvalue weighted by atomic mass is 19.1. The van der Waals surface area contributed by atoms with Gasteiger partial charge in [0, 0.05) is 12.1 Å². The number of nitrogens with zero attached hydrogens (tertiary/aromatic N) is 3. The molecule has 0 atom stereocenters. The maximum Gasteiger partial charge on any atom is 0.251 e. The molecule has 3 aromatic rings. The van der Waals surface area contributed by atoms with Crippen LogP contribution in [0.4, 0.5) is 4.39 Å². The Bertz CT molecular complexity index is 767. The molecule has 0 spiro atoms. The van der Waals surface area contributed by atoms with Crippen LogP contribution in [0.15, 0.2) is 61.2 Å². The van der Waals surface area contributed by atoms with Gasteiger partial charge in [0.2, 0.25) is 0 Å². The molecule has 0 saturated heterocycles. The first kappa shape index (κ1) is 14.9. The van der Waals surface area contributed by atoms with E-state index in [-0.39, 0.29) is 11.7 Å². The van der Waals surface area contributed by atoms with Crippen LogP contribution in [0.3, 0.4) is 0 Å². The lowest BCUT2D eigenvalue weighted by atomic mass is 10.1. The molecule has 1 heterocycles. The first-order valence-electron chi connectivity index (χ1n) is 7.20. The normalized spacial score (nSPS) is 10.5. The summed E-state index contributed by atoms with van der Waals surface area (Å²) in [6.07, 6.45) is 3.71. The second-order valence-corrected chi connectivity index (χ2v) is 5.02. The predicted molar refractivity (Wildman–Crippen MR) is 83.8 cm³/mol. The molecular weight excluding hydrogens is 295 g/mol. The maximum absolute atomic E-state index is 12.8. The molecule has 1 N–H and O–H groups in total. The minimum Gasteiger partial charge on any atom is -0.352 e. The van der Waals surface area contributed by atoms with E-state index in [0.717, 1.165) is 11.3 Å². The van der Waals surface area contributed by atoms with Gasteiger partial charge in [-0.3, -0.25) is 4.79 Å². The van der Waals surface area contributed by atoms with E-state index in [4.69, 9.17) is 0 Å². The Balaban J connectivity index is 1.55. The van der Waals surface area contributed by atoms with Crippen molar-refractivity contribution in [3.63, 3.8) is 0 Å². The predicted octanol–water partition coefficient (Wildman–Crippen LogP) is 2.38. The average Bonchev–Trinajstić information content (AvgIpc) is 3.11. The lowest BCUT2D eigenvalue weighted by molar-refractivity contribution is 0.0954. The summed E-state index contributed by atoms with van der Waals surface area (Å²) in [4.78, 5) is 16.0. The minimum atomic E-state index is -0.259. The highest BCUT2D eigenvalue weighted by Gasteiger charge is 2.05. The summed E-state index contributed by atoms with van der Waals surface area (Å²) in [5.41, 5.74) is 2.39. The summed E-state index contributed by atoms with van der Waals surface area (Å²) in [6.45, 7) is 0.495. The van der Waals surface area contributed by atoms with Gasteiger partial charge in [0.25, 0.3) is 5.91 Å². The second-order valence-electron chi connectivity index (χ2n) is 5.02. The second kappa shape index (κ2) is 6.83. The van der Waals surface area contributed by atoms with Gasteiger partial charge in [-0.15, -0.1) is 0 Å². The van der Waals surface area contributed by atoms with Crippen molar-refractivity contribution in [2.75, 3.05) is 6.54 Å². The Hall–Kier alpha value is -3.02. The summed E-state index contributed by atoms with van der Waals surface area (Å²) in [7, 11) is 0. The van der Waals surface area contributed by atoms with Crippen LogP contribution in [0.5, 0.6) is 0 Å². The molecule has 0 fully saturated rings. The van der Waals surface area contributed by atoms with Crippen LogP contribution >= 0.6 is 0 Å². The monoisotopic (exact) mass is 310 g/mol. The molecule has 5 nitrogen and oxygen atoms in total. The van der Waals surface area contributed by atoms with Crippen molar-refractivity contribution >= 4 is 5.91 Å². The number of nitrogens with one attached hydrogen (secondary N) is 1. The molecule has 23 heavy (non-hydrogen) atoms. The van der Waals surface area contributed by atoms with E-state index in [1.165, 1.54) is 18.5 Å². The van der Waals surface area contributed by atoms with Gasteiger partial charge in [0.15, 0.2) is 0 Å². The molecule has 0 radical (unpaired) electrons. The van der Waals surface area contributed by atoms with Gasteiger partial charge in [-0.2, -0.15) is 5.10 Å². The van der Waals surface area contributed by atoms with Crippen molar-refractivity contribution in [2.45, 2.75) is 6.42 Å². The van der Waals surface area contributed by atoms with Crippen LogP contribution < -0.4 is 5.32 Å². The third kappa shape index (κ3) is 3.79. The fourth-order valence-electron chi connectivity index (χ4n) is 2.18. The van der Waals surface area contributed by atoms with Gasteiger partial charge in [-0.1, -0.05) is 12.1 Å². The summed E-state index contributed by atoms with van der Waals surface area (Å²) >= 11 is 0. The van der Waals surface area contributed by atoms with E-state index in [1.54, 1.807) is 35.3 Å². The molecule has 6 heteroatoms. The first-order valence-corrected chi connectivity index (χ1v) is 7.20. The van der Waals surface area contributed by atoms with Crippen molar-refractivity contribution in [2.24, 2.45) is 0 Å². The number of rotatable bonds is 5. The molecule has 0 saturated carbocycles. The van der Waals surface area contributed by atoms with Crippen LogP contribution in [-0.4, -0.2) is 27.2 Å². The van der Waals surface area contributed by atoms with Gasteiger partial charge in [-0.05, 0) is 48.4 Å². The van der Waals surface area contributed by atoms with Crippen molar-refractivity contribution in [1.82, 2.24) is 20.1 Å². The summed E-state index contributed by atoms with van der Waals surface area (Å²) in [5.74, 6) is -0.400. The third-order valence-corrected chi connectivity index (χ3v) is 3.43. The number of halogens is 1. The molecule has 1 amide bonds. The van der Waals surface area contributed by atoms with Gasteiger partial charge in [0.1, 0.15) is 18.5 Å². The molecule has 0 aliphatic rings. The molecular formula is C17H15FN4O. The number of hydrogen-bond donors (Lipinski definition) is 1. The lowest BCUT2D eigenvalue weighted by Crippen LogP contribution is -2.25. The van der Waals surface area contributed by atoms with E-state index in [9.17, 15) is 9.18 Å². The molecule has 2 aromatic carbocycles. The molecule has 0 aliphatic heterocycles. The Morgan fingerprint density at radius 2 is 1.83 bits per heavy atom. The van der Waals surface area contributed by atoms with Gasteiger partial charge < -0.3 is 5.32 Å². The standard InChI is InChI=1S/C17H15FN4O/c18-15-5-1-13(2-6-15)9-10-20-17(23)14-3-7-16(8-4-14)22-12-19-11-21-22/h1-8,11-12H,9-10H2,(H,20,23). The Morgan fingerprint density at radius 3 is 2.48 bits per heavy atom. The summed E-state index contributed by atoms with van der Waals surface area (Å²) in [5, 5.41) is 6.88. The van der Waals surface area contributed by atoms with Gasteiger partial charge in [0.05, 0.1) is 5.69 Å². The zero-order chi connectivity index (χ0) is 16.1. The smallest absolute Gasteiger partial charge is 0.251 e. The number of amides is 1. The number of carbonyl (C=O) groups excluding carboxylic acids is 1. The minimum absolute atomic E-state index is 0.141. The summed E-state index contributed by atoms with van der Waals surface area (Å²) < 4.78 is 14.4. The molecule has 1 aromatic heterocycles. The Labute approximate surface area is 132 Å². The fraction of sp³-hybridized carbons (Fsp3) is 0.118. The highest BCUT2D eigenvalue weighted by molar-refractivity contribution is 5.94. The van der Waals surface area contributed by atoms with Crippen LogP contribution in [0.2, 0.25) is 0 Å². The molecule has 0 unspecified atom stereocenters. The molecule has 0 aliphatic carbocycles. The van der Waals surface area contributed by atoms with Gasteiger partial charge >= 0.3 is 0 Å². The topological polar surface area (TPSA) is 59.8 Å². The first-order chi connectivity index (χ1) is 11.2. The van der Waals surface area contributed by atoms with Crippen molar-refractivity contribution < 1.29 is 9.18 Å².